The number of ether oxygens (including phenoxy) is 3. The minimum atomic E-state index is -0.790. The third-order valence-corrected chi connectivity index (χ3v) is 15.7. The molecule has 0 saturated carbocycles. The lowest BCUT2D eigenvalue weighted by Gasteiger charge is -2.18. The number of rotatable bonds is 65. The van der Waals surface area contributed by atoms with Crippen LogP contribution < -0.4 is 0 Å². The fraction of sp³-hybridized carbons (Fsp3) is 0.800. The number of unbranched alkanes of at least 4 members (excludes halogenated alkanes) is 42. The summed E-state index contributed by atoms with van der Waals surface area (Å²) in [5.74, 6) is -0.894. The lowest BCUT2D eigenvalue weighted by atomic mass is 10.0. The molecule has 0 aliphatic carbocycles. The fourth-order valence-corrected chi connectivity index (χ4v) is 10.4. The van der Waals surface area contributed by atoms with E-state index in [0.717, 1.165) is 122 Å². The molecule has 0 heterocycles. The van der Waals surface area contributed by atoms with Crippen molar-refractivity contribution in [3.05, 3.63) is 72.9 Å². The predicted molar refractivity (Wildman–Crippen MR) is 353 cm³/mol. The van der Waals surface area contributed by atoms with Gasteiger partial charge in [0.25, 0.3) is 0 Å². The van der Waals surface area contributed by atoms with Gasteiger partial charge in [-0.15, -0.1) is 0 Å². The fourth-order valence-electron chi connectivity index (χ4n) is 10.4. The zero-order valence-corrected chi connectivity index (χ0v) is 54.1. The molecule has 0 saturated heterocycles. The van der Waals surface area contributed by atoms with Crippen molar-refractivity contribution in [3.63, 3.8) is 0 Å². The van der Waals surface area contributed by atoms with Crippen molar-refractivity contribution < 1.29 is 28.6 Å². The molecule has 6 nitrogen and oxygen atoms in total. The zero-order chi connectivity index (χ0) is 58.5. The van der Waals surface area contributed by atoms with Crippen LogP contribution in [0.4, 0.5) is 0 Å². The smallest absolute Gasteiger partial charge is 0.306 e. The summed E-state index contributed by atoms with van der Waals surface area (Å²) in [7, 11) is 0. The van der Waals surface area contributed by atoms with Crippen molar-refractivity contribution in [3.8, 4) is 0 Å². The molecule has 0 bridgehead atoms. The second-order valence-electron chi connectivity index (χ2n) is 23.8. The normalized spacial score (nSPS) is 12.5. The van der Waals surface area contributed by atoms with Gasteiger partial charge in [0.1, 0.15) is 13.2 Å². The molecule has 0 amide bonds. The van der Waals surface area contributed by atoms with Gasteiger partial charge in [0.05, 0.1) is 0 Å². The Morgan fingerprint density at radius 3 is 0.802 bits per heavy atom. The van der Waals surface area contributed by atoms with Crippen molar-refractivity contribution in [2.75, 3.05) is 13.2 Å². The third-order valence-electron chi connectivity index (χ3n) is 15.7. The molecule has 0 aromatic heterocycles. The van der Waals surface area contributed by atoms with Gasteiger partial charge in [-0.25, -0.2) is 0 Å². The molecule has 0 radical (unpaired) electrons. The largest absolute Gasteiger partial charge is 0.462 e. The number of allylic oxidation sites excluding steroid dienone is 12. The van der Waals surface area contributed by atoms with Gasteiger partial charge in [-0.05, 0) is 83.5 Å². The minimum absolute atomic E-state index is 0.0831. The Morgan fingerprint density at radius 2 is 0.506 bits per heavy atom. The van der Waals surface area contributed by atoms with Crippen LogP contribution in [0.25, 0.3) is 0 Å². The highest BCUT2D eigenvalue weighted by atomic mass is 16.6. The first-order valence-corrected chi connectivity index (χ1v) is 35.4. The number of carbonyl (C=O) groups excluding carboxylic acids is 3. The van der Waals surface area contributed by atoms with Crippen molar-refractivity contribution in [1.29, 1.82) is 0 Å². The maximum absolute atomic E-state index is 12.9. The first-order valence-electron chi connectivity index (χ1n) is 35.4. The lowest BCUT2D eigenvalue weighted by molar-refractivity contribution is -0.167. The van der Waals surface area contributed by atoms with Gasteiger partial charge in [-0.2, -0.15) is 0 Å². The highest BCUT2D eigenvalue weighted by Crippen LogP contribution is 2.18. The van der Waals surface area contributed by atoms with Crippen molar-refractivity contribution in [1.82, 2.24) is 0 Å². The number of hydrogen-bond donors (Lipinski definition) is 0. The van der Waals surface area contributed by atoms with Crippen molar-refractivity contribution in [2.45, 2.75) is 374 Å². The van der Waals surface area contributed by atoms with E-state index in [1.807, 2.05) is 0 Å². The molecular formula is C75H134O6. The van der Waals surface area contributed by atoms with E-state index in [4.69, 9.17) is 14.2 Å². The van der Waals surface area contributed by atoms with Crippen LogP contribution in [-0.4, -0.2) is 37.2 Å². The minimum Gasteiger partial charge on any atom is -0.462 e. The maximum atomic E-state index is 12.9. The molecule has 1 unspecified atom stereocenters. The second kappa shape index (κ2) is 69.3. The summed E-state index contributed by atoms with van der Waals surface area (Å²) < 4.78 is 16.9. The Hall–Kier alpha value is -3.15. The van der Waals surface area contributed by atoms with E-state index < -0.39 is 6.10 Å². The van der Waals surface area contributed by atoms with E-state index >= 15 is 0 Å². The van der Waals surface area contributed by atoms with E-state index in [2.05, 4.69) is 93.7 Å². The number of hydrogen-bond acceptors (Lipinski definition) is 6. The lowest BCUT2D eigenvalue weighted by Crippen LogP contribution is -2.30. The van der Waals surface area contributed by atoms with Crippen molar-refractivity contribution in [2.24, 2.45) is 0 Å². The molecule has 0 spiro atoms. The topological polar surface area (TPSA) is 78.9 Å². The summed E-state index contributed by atoms with van der Waals surface area (Å²) in [6, 6.07) is 0. The first kappa shape index (κ1) is 77.9. The molecule has 81 heavy (non-hydrogen) atoms. The van der Waals surface area contributed by atoms with E-state index in [-0.39, 0.29) is 31.1 Å². The summed E-state index contributed by atoms with van der Waals surface area (Å²) in [6.45, 7) is 6.49. The molecule has 0 fully saturated rings. The van der Waals surface area contributed by atoms with Gasteiger partial charge in [-0.1, -0.05) is 338 Å². The summed E-state index contributed by atoms with van der Waals surface area (Å²) >= 11 is 0. The summed E-state index contributed by atoms with van der Waals surface area (Å²) in [5, 5.41) is 0. The molecule has 470 valence electrons. The molecule has 0 aliphatic heterocycles. The zero-order valence-electron chi connectivity index (χ0n) is 54.1. The Bertz CT molecular complexity index is 1490. The SMILES string of the molecule is CC/C=C\C/C=C\C/C=C\C/C=C\CCCCCCCCC(=O)OC(COC(=O)CCCCCCC/C=C\C/C=C\CCC)COC(=O)CCCCCCCCCCCCCCCCCCCCCCCCCCCCCCCCC. The Labute approximate surface area is 503 Å². The van der Waals surface area contributed by atoms with Crippen LogP contribution in [0.3, 0.4) is 0 Å². The average Bonchev–Trinajstić information content (AvgIpc) is 3.46. The first-order chi connectivity index (χ1) is 40.0. The van der Waals surface area contributed by atoms with Crippen LogP contribution in [0, 0.1) is 0 Å². The average molecular weight is 1130 g/mol. The molecule has 0 aromatic rings. The summed E-state index contributed by atoms with van der Waals surface area (Å²) in [4.78, 5) is 38.4. The van der Waals surface area contributed by atoms with Crippen LogP contribution in [0.15, 0.2) is 72.9 Å². The standard InChI is InChI=1S/C75H134O6/c1-4-7-10-13-16-19-22-25-27-29-31-32-33-34-35-36-37-38-39-40-41-42-44-45-47-50-53-56-59-62-65-68-74(77)80-71-72(70-79-73(76)67-64-61-58-55-52-49-24-21-18-15-12-9-6-3)81-75(78)69-66-63-60-57-54-51-48-46-43-30-28-26-23-20-17-14-11-8-5-2/h8,11-12,15,17,20-21,24,26,28,43,46,72H,4-7,9-10,13-14,16,18-19,22-23,25,27,29-42,44-45,47-71H2,1-3H3/b11-8-,15-12-,20-17-,24-21-,28-26-,46-43-. The van der Waals surface area contributed by atoms with Gasteiger partial charge in [-0.3, -0.25) is 14.4 Å². The van der Waals surface area contributed by atoms with E-state index in [9.17, 15) is 14.4 Å². The summed E-state index contributed by atoms with van der Waals surface area (Å²) in [6.07, 6.45) is 90.9. The van der Waals surface area contributed by atoms with Crippen LogP contribution in [-0.2, 0) is 28.6 Å². The van der Waals surface area contributed by atoms with E-state index in [1.54, 1.807) is 0 Å². The van der Waals surface area contributed by atoms with Gasteiger partial charge >= 0.3 is 17.9 Å². The van der Waals surface area contributed by atoms with Gasteiger partial charge in [0.15, 0.2) is 6.10 Å². The molecule has 0 aliphatic rings. The quantitative estimate of drug-likeness (QED) is 0.0261. The molecule has 0 N–H and O–H groups in total. The Balaban J connectivity index is 4.18. The van der Waals surface area contributed by atoms with Crippen molar-refractivity contribution >= 4 is 17.9 Å². The van der Waals surface area contributed by atoms with Crippen LogP contribution in [0.5, 0.6) is 0 Å². The monoisotopic (exact) mass is 1130 g/mol. The van der Waals surface area contributed by atoms with E-state index in [0.29, 0.717) is 19.3 Å². The Morgan fingerprint density at radius 1 is 0.259 bits per heavy atom. The predicted octanol–water partition coefficient (Wildman–Crippen LogP) is 24.4. The molecule has 0 rings (SSSR count). The summed E-state index contributed by atoms with van der Waals surface area (Å²) in [5.41, 5.74) is 0. The second-order valence-corrected chi connectivity index (χ2v) is 23.8. The van der Waals surface area contributed by atoms with E-state index in [1.165, 1.54) is 205 Å². The van der Waals surface area contributed by atoms with Crippen LogP contribution in [0.1, 0.15) is 367 Å². The third kappa shape index (κ3) is 67.5. The molecular weight excluding hydrogens is 997 g/mol. The molecule has 6 heteroatoms. The molecule has 1 atom stereocenters. The maximum Gasteiger partial charge on any atom is 0.306 e. The number of esters is 3. The van der Waals surface area contributed by atoms with Crippen LogP contribution in [0.2, 0.25) is 0 Å². The highest BCUT2D eigenvalue weighted by molar-refractivity contribution is 5.71. The van der Waals surface area contributed by atoms with Crippen LogP contribution >= 0.6 is 0 Å². The molecule has 0 aromatic carbocycles. The van der Waals surface area contributed by atoms with Gasteiger partial charge in [0, 0.05) is 19.3 Å². The highest BCUT2D eigenvalue weighted by Gasteiger charge is 2.19. The Kier molecular flexibility index (Phi) is 66.6. The number of carbonyl (C=O) groups is 3. The van der Waals surface area contributed by atoms with Gasteiger partial charge in [0.2, 0.25) is 0 Å². The van der Waals surface area contributed by atoms with Gasteiger partial charge < -0.3 is 14.2 Å².